The number of aryl methyl sites for hydroxylation is 1. The second kappa shape index (κ2) is 8.44. The summed E-state index contributed by atoms with van der Waals surface area (Å²) in [5.74, 6) is -0.126. The Balaban J connectivity index is 1.72. The summed E-state index contributed by atoms with van der Waals surface area (Å²) in [5.41, 5.74) is 6.46. The van der Waals surface area contributed by atoms with Gasteiger partial charge in [0.25, 0.3) is 0 Å². The van der Waals surface area contributed by atoms with E-state index in [1.807, 2.05) is 24.1 Å². The Hall–Kier alpha value is -2.85. The van der Waals surface area contributed by atoms with Crippen molar-refractivity contribution in [3.05, 3.63) is 71.9 Å². The molecule has 4 heteroatoms. The number of hydrogen-bond acceptors (Lipinski definition) is 3. The molecule has 3 rings (SSSR count). The number of likely N-dealkylation sites (N-methyl/N-ethyl adjacent to an activating group) is 1. The summed E-state index contributed by atoms with van der Waals surface area (Å²) in [4.78, 5) is 15.1. The maximum absolute atomic E-state index is 11.8. The topological polar surface area (TPSA) is 43.8 Å². The van der Waals surface area contributed by atoms with Crippen molar-refractivity contribution < 1.29 is 9.90 Å². The Morgan fingerprint density at radius 1 is 1.11 bits per heavy atom. The average molecular weight is 377 g/mol. The molecule has 0 heterocycles. The largest absolute Gasteiger partial charge is 0.386 e. The molecular formula is C24H28N2O2. The number of rotatable bonds is 6. The Morgan fingerprint density at radius 2 is 1.79 bits per heavy atom. The number of amides is 1. The van der Waals surface area contributed by atoms with Gasteiger partial charge in [-0.2, -0.15) is 0 Å². The first-order valence-electron chi connectivity index (χ1n) is 9.57. The number of carbonyl (C=O) groups is 1. The van der Waals surface area contributed by atoms with E-state index >= 15 is 0 Å². The fourth-order valence-corrected chi connectivity index (χ4v) is 3.34. The van der Waals surface area contributed by atoms with Crippen molar-refractivity contribution in [1.82, 2.24) is 4.90 Å². The van der Waals surface area contributed by atoms with E-state index in [1.165, 1.54) is 21.6 Å². The predicted octanol–water partition coefficient (Wildman–Crippen LogP) is 4.10. The second-order valence-corrected chi connectivity index (χ2v) is 7.46. The minimum Gasteiger partial charge on any atom is -0.386 e. The van der Waals surface area contributed by atoms with Crippen LogP contribution < -0.4 is 4.90 Å². The number of nitrogens with zero attached hydrogens (tertiary/aromatic N) is 2. The summed E-state index contributed by atoms with van der Waals surface area (Å²) in [5, 5.41) is 10.3. The minimum absolute atomic E-state index is 0.0247. The van der Waals surface area contributed by atoms with Crippen molar-refractivity contribution in [1.29, 1.82) is 0 Å². The molecule has 2 aromatic rings. The summed E-state index contributed by atoms with van der Waals surface area (Å²) >= 11 is 0. The van der Waals surface area contributed by atoms with Gasteiger partial charge in [-0.3, -0.25) is 4.79 Å². The zero-order chi connectivity index (χ0) is 20.3. The molecule has 0 bridgehead atoms. The number of aliphatic hydroxyl groups is 1. The number of benzene rings is 2. The third-order valence-corrected chi connectivity index (χ3v) is 5.29. The van der Waals surface area contributed by atoms with Crippen LogP contribution in [-0.4, -0.2) is 43.2 Å². The molecule has 0 spiro atoms. The van der Waals surface area contributed by atoms with E-state index in [-0.39, 0.29) is 12.3 Å². The van der Waals surface area contributed by atoms with Gasteiger partial charge in [-0.15, -0.1) is 0 Å². The Labute approximate surface area is 167 Å². The van der Waals surface area contributed by atoms with Gasteiger partial charge >= 0.3 is 0 Å². The van der Waals surface area contributed by atoms with Gasteiger partial charge in [-0.05, 0) is 53.3 Å². The molecule has 0 saturated heterocycles. The standard InChI is InChI=1S/C24H28N2O2/c1-17(23(27)16-24(28)25(2)3)26(4)22-13-11-19(12-14-22)21-10-9-18-7-5-6-8-20(18)15-21/h6,8-15,23,27H,1,5,7,16H2,2-4H3. The summed E-state index contributed by atoms with van der Waals surface area (Å²) < 4.78 is 0. The Kier molecular flexibility index (Phi) is 6.00. The molecule has 1 unspecified atom stereocenters. The van der Waals surface area contributed by atoms with Crippen LogP contribution >= 0.6 is 0 Å². The van der Waals surface area contributed by atoms with Crippen LogP contribution in [0.15, 0.2) is 60.8 Å². The molecule has 0 aromatic heterocycles. The Bertz CT molecular complexity index is 897. The van der Waals surface area contributed by atoms with Crippen LogP contribution in [0.2, 0.25) is 0 Å². The zero-order valence-electron chi connectivity index (χ0n) is 16.9. The SMILES string of the molecule is C=C(C(O)CC(=O)N(C)C)N(C)c1ccc(-c2ccc3c(c2)C=CCC3)cc1. The highest BCUT2D eigenvalue weighted by Crippen LogP contribution is 2.29. The third-order valence-electron chi connectivity index (χ3n) is 5.29. The van der Waals surface area contributed by atoms with Gasteiger partial charge in [0.15, 0.2) is 0 Å². The highest BCUT2D eigenvalue weighted by molar-refractivity contribution is 5.77. The van der Waals surface area contributed by atoms with Crippen LogP contribution in [-0.2, 0) is 11.2 Å². The van der Waals surface area contributed by atoms with E-state index in [0.717, 1.165) is 24.1 Å². The van der Waals surface area contributed by atoms with Gasteiger partial charge in [0.2, 0.25) is 5.91 Å². The fraction of sp³-hybridized carbons (Fsp3) is 0.292. The van der Waals surface area contributed by atoms with Crippen molar-refractivity contribution in [3.8, 4) is 11.1 Å². The predicted molar refractivity (Wildman–Crippen MR) is 116 cm³/mol. The molecule has 146 valence electrons. The minimum atomic E-state index is -0.910. The number of fused-ring (bicyclic) bond motifs is 1. The molecule has 1 amide bonds. The zero-order valence-corrected chi connectivity index (χ0v) is 16.9. The number of carbonyl (C=O) groups excluding carboxylic acids is 1. The summed E-state index contributed by atoms with van der Waals surface area (Å²) in [6.07, 6.45) is 5.76. The van der Waals surface area contributed by atoms with Gasteiger partial charge in [-0.1, -0.05) is 43.0 Å². The summed E-state index contributed by atoms with van der Waals surface area (Å²) in [6.45, 7) is 3.97. The molecule has 1 aliphatic carbocycles. The highest BCUT2D eigenvalue weighted by Gasteiger charge is 2.19. The summed E-state index contributed by atoms with van der Waals surface area (Å²) in [7, 11) is 5.21. The van der Waals surface area contributed by atoms with Crippen LogP contribution in [0.25, 0.3) is 17.2 Å². The number of allylic oxidation sites excluding steroid dienone is 1. The molecule has 28 heavy (non-hydrogen) atoms. The monoisotopic (exact) mass is 376 g/mol. The molecule has 4 nitrogen and oxygen atoms in total. The van der Waals surface area contributed by atoms with E-state index in [1.54, 1.807) is 14.1 Å². The van der Waals surface area contributed by atoms with Crippen molar-refractivity contribution in [2.75, 3.05) is 26.0 Å². The lowest BCUT2D eigenvalue weighted by atomic mass is 9.93. The van der Waals surface area contributed by atoms with Crippen LogP contribution in [0.1, 0.15) is 24.0 Å². The van der Waals surface area contributed by atoms with Gasteiger partial charge < -0.3 is 14.9 Å². The lowest BCUT2D eigenvalue weighted by Gasteiger charge is -2.26. The van der Waals surface area contributed by atoms with E-state index in [2.05, 4.69) is 49.1 Å². The quantitative estimate of drug-likeness (QED) is 0.825. The average Bonchev–Trinajstić information content (AvgIpc) is 2.72. The van der Waals surface area contributed by atoms with Crippen LogP contribution in [0.3, 0.4) is 0 Å². The maximum atomic E-state index is 11.8. The molecule has 1 N–H and O–H groups in total. The fourth-order valence-electron chi connectivity index (χ4n) is 3.34. The van der Waals surface area contributed by atoms with Gasteiger partial charge in [0.05, 0.1) is 6.42 Å². The summed E-state index contributed by atoms with van der Waals surface area (Å²) in [6, 6.07) is 14.8. The number of anilines is 1. The normalized spacial score (nSPS) is 13.6. The first-order chi connectivity index (χ1) is 13.4. The van der Waals surface area contributed by atoms with Crippen molar-refractivity contribution in [2.45, 2.75) is 25.4 Å². The molecule has 1 aliphatic rings. The van der Waals surface area contributed by atoms with E-state index in [0.29, 0.717) is 5.70 Å². The first kappa shape index (κ1) is 19.9. The van der Waals surface area contributed by atoms with E-state index < -0.39 is 6.10 Å². The third kappa shape index (κ3) is 4.34. The second-order valence-electron chi connectivity index (χ2n) is 7.46. The number of aliphatic hydroxyl groups excluding tert-OH is 1. The molecule has 0 radical (unpaired) electrons. The lowest BCUT2D eigenvalue weighted by Crippen LogP contribution is -2.31. The molecule has 0 fully saturated rings. The van der Waals surface area contributed by atoms with Gasteiger partial charge in [0.1, 0.15) is 6.10 Å². The maximum Gasteiger partial charge on any atom is 0.225 e. The van der Waals surface area contributed by atoms with E-state index in [9.17, 15) is 9.90 Å². The van der Waals surface area contributed by atoms with Crippen molar-refractivity contribution in [3.63, 3.8) is 0 Å². The van der Waals surface area contributed by atoms with Gasteiger partial charge in [-0.25, -0.2) is 0 Å². The molecule has 0 aliphatic heterocycles. The van der Waals surface area contributed by atoms with Crippen LogP contribution in [0.5, 0.6) is 0 Å². The van der Waals surface area contributed by atoms with E-state index in [4.69, 9.17) is 0 Å². The lowest BCUT2D eigenvalue weighted by molar-refractivity contribution is -0.130. The highest BCUT2D eigenvalue weighted by atomic mass is 16.3. The first-order valence-corrected chi connectivity index (χ1v) is 9.57. The molecule has 1 atom stereocenters. The Morgan fingerprint density at radius 3 is 2.46 bits per heavy atom. The van der Waals surface area contributed by atoms with Crippen molar-refractivity contribution in [2.24, 2.45) is 0 Å². The molecular weight excluding hydrogens is 348 g/mol. The van der Waals surface area contributed by atoms with Gasteiger partial charge in [0, 0.05) is 32.5 Å². The smallest absolute Gasteiger partial charge is 0.225 e. The number of hydrogen-bond donors (Lipinski definition) is 1. The van der Waals surface area contributed by atoms with Crippen LogP contribution in [0, 0.1) is 0 Å². The van der Waals surface area contributed by atoms with Crippen molar-refractivity contribution >= 4 is 17.7 Å². The molecule has 0 saturated carbocycles. The van der Waals surface area contributed by atoms with Crippen LogP contribution in [0.4, 0.5) is 5.69 Å². The molecule has 2 aromatic carbocycles.